The van der Waals surface area contributed by atoms with E-state index in [2.05, 4.69) is 17.6 Å². The summed E-state index contributed by atoms with van der Waals surface area (Å²) in [6.45, 7) is 7.08. The van der Waals surface area contributed by atoms with Gasteiger partial charge in [-0.1, -0.05) is 6.92 Å². The van der Waals surface area contributed by atoms with Crippen molar-refractivity contribution in [3.63, 3.8) is 0 Å². The monoisotopic (exact) mass is 332 g/mol. The molecule has 8 heteroatoms. The number of nitrogens with zero attached hydrogens (tertiary/aromatic N) is 2. The largest absolute Gasteiger partial charge is 0.350 e. The van der Waals surface area contributed by atoms with Gasteiger partial charge in [0.2, 0.25) is 5.91 Å². The highest BCUT2D eigenvalue weighted by atomic mass is 35.5. The lowest BCUT2D eigenvalue weighted by molar-refractivity contribution is -0.156. The van der Waals surface area contributed by atoms with Crippen LogP contribution in [0, 0.1) is 5.92 Å². The summed E-state index contributed by atoms with van der Waals surface area (Å²) in [4.78, 5) is 38.6. The van der Waals surface area contributed by atoms with Crippen LogP contribution in [0.4, 0.5) is 0 Å². The molecule has 7 nitrogen and oxygen atoms in total. The van der Waals surface area contributed by atoms with Crippen LogP contribution in [0.1, 0.15) is 20.3 Å². The van der Waals surface area contributed by atoms with Gasteiger partial charge in [0, 0.05) is 32.2 Å². The quantitative estimate of drug-likeness (QED) is 0.661. The van der Waals surface area contributed by atoms with Crippen molar-refractivity contribution in [3.05, 3.63) is 0 Å². The first kappa shape index (κ1) is 18.7. The molecule has 22 heavy (non-hydrogen) atoms. The van der Waals surface area contributed by atoms with E-state index in [0.717, 1.165) is 19.5 Å². The molecule has 2 aliphatic rings. The molecular weight excluding hydrogens is 308 g/mol. The molecule has 0 saturated carbocycles. The third-order valence-electron chi connectivity index (χ3n) is 4.29. The third-order valence-corrected chi connectivity index (χ3v) is 4.29. The van der Waals surface area contributed by atoms with E-state index in [1.165, 1.54) is 9.80 Å². The first-order valence-electron chi connectivity index (χ1n) is 7.61. The van der Waals surface area contributed by atoms with Crippen LogP contribution in [-0.2, 0) is 14.4 Å². The summed E-state index contributed by atoms with van der Waals surface area (Å²) in [6, 6.07) is 0.0917. The van der Waals surface area contributed by atoms with Crippen molar-refractivity contribution in [2.75, 3.05) is 39.3 Å². The maximum absolute atomic E-state index is 12.1. The van der Waals surface area contributed by atoms with E-state index in [1.54, 1.807) is 0 Å². The fraction of sp³-hybridized carbons (Fsp3) is 0.786. The SMILES string of the molecule is CCN1CCN(CC(=O)NC2CNCCC2C)C(=O)C1=O.Cl. The molecule has 0 radical (unpaired) electrons. The Morgan fingerprint density at radius 2 is 1.91 bits per heavy atom. The third kappa shape index (κ3) is 4.33. The highest BCUT2D eigenvalue weighted by molar-refractivity contribution is 6.35. The van der Waals surface area contributed by atoms with Crippen molar-refractivity contribution >= 4 is 30.1 Å². The number of hydrogen-bond donors (Lipinski definition) is 2. The molecule has 0 aromatic rings. The summed E-state index contributed by atoms with van der Waals surface area (Å²) < 4.78 is 0. The van der Waals surface area contributed by atoms with E-state index in [1.807, 2.05) is 6.92 Å². The lowest BCUT2D eigenvalue weighted by atomic mass is 9.95. The van der Waals surface area contributed by atoms with Crippen LogP contribution < -0.4 is 10.6 Å². The van der Waals surface area contributed by atoms with E-state index < -0.39 is 11.8 Å². The fourth-order valence-corrected chi connectivity index (χ4v) is 2.78. The molecule has 2 rings (SSSR count). The number of piperazine rings is 1. The van der Waals surface area contributed by atoms with Crippen LogP contribution in [0.15, 0.2) is 0 Å². The van der Waals surface area contributed by atoms with Gasteiger partial charge in [0.15, 0.2) is 0 Å². The number of hydrogen-bond acceptors (Lipinski definition) is 4. The standard InChI is InChI=1S/C14H24N4O3.ClH/c1-3-17-6-7-18(14(21)13(17)20)9-12(19)16-11-8-15-5-4-10(11)2;/h10-11,15H,3-9H2,1-2H3,(H,16,19);1H. The molecule has 2 aliphatic heterocycles. The van der Waals surface area contributed by atoms with Crippen LogP contribution in [0.2, 0.25) is 0 Å². The average Bonchev–Trinajstić information content (AvgIpc) is 2.47. The van der Waals surface area contributed by atoms with Crippen molar-refractivity contribution in [1.29, 1.82) is 0 Å². The first-order chi connectivity index (χ1) is 10.0. The molecule has 2 saturated heterocycles. The Kier molecular flexibility index (Phi) is 7.09. The minimum Gasteiger partial charge on any atom is -0.350 e. The summed E-state index contributed by atoms with van der Waals surface area (Å²) in [5.41, 5.74) is 0. The molecule has 2 unspecified atom stereocenters. The average molecular weight is 333 g/mol. The first-order valence-corrected chi connectivity index (χ1v) is 7.61. The number of piperidine rings is 1. The number of halogens is 1. The normalized spacial score (nSPS) is 25.7. The topological polar surface area (TPSA) is 81.8 Å². The van der Waals surface area contributed by atoms with E-state index in [4.69, 9.17) is 0 Å². The summed E-state index contributed by atoms with van der Waals surface area (Å²) in [5.74, 6) is -0.858. The molecule has 0 bridgehead atoms. The van der Waals surface area contributed by atoms with Crippen LogP contribution in [0.3, 0.4) is 0 Å². The van der Waals surface area contributed by atoms with Gasteiger partial charge >= 0.3 is 11.8 Å². The van der Waals surface area contributed by atoms with E-state index >= 15 is 0 Å². The number of nitrogens with one attached hydrogen (secondary N) is 2. The van der Waals surface area contributed by atoms with Crippen molar-refractivity contribution in [1.82, 2.24) is 20.4 Å². The molecule has 0 aliphatic carbocycles. The fourth-order valence-electron chi connectivity index (χ4n) is 2.78. The van der Waals surface area contributed by atoms with Gasteiger partial charge in [-0.3, -0.25) is 14.4 Å². The molecule has 2 N–H and O–H groups in total. The van der Waals surface area contributed by atoms with Gasteiger partial charge in [0.25, 0.3) is 0 Å². The second kappa shape index (κ2) is 8.33. The molecule has 0 aromatic carbocycles. The second-order valence-corrected chi connectivity index (χ2v) is 5.76. The highest BCUT2D eigenvalue weighted by Gasteiger charge is 2.33. The minimum absolute atomic E-state index is 0. The van der Waals surface area contributed by atoms with Crippen molar-refractivity contribution < 1.29 is 14.4 Å². The number of carbonyl (C=O) groups is 3. The zero-order valence-electron chi connectivity index (χ0n) is 13.1. The van der Waals surface area contributed by atoms with Crippen LogP contribution in [0.5, 0.6) is 0 Å². The summed E-state index contributed by atoms with van der Waals surface area (Å²) in [6.07, 6.45) is 1.03. The zero-order valence-corrected chi connectivity index (χ0v) is 13.9. The smallest absolute Gasteiger partial charge is 0.312 e. The Morgan fingerprint density at radius 1 is 1.27 bits per heavy atom. The summed E-state index contributed by atoms with van der Waals surface area (Å²) >= 11 is 0. The van der Waals surface area contributed by atoms with Crippen molar-refractivity contribution in [3.8, 4) is 0 Å². The molecule has 126 valence electrons. The van der Waals surface area contributed by atoms with Gasteiger partial charge in [0.1, 0.15) is 6.54 Å². The van der Waals surface area contributed by atoms with Gasteiger partial charge in [-0.05, 0) is 25.8 Å². The maximum atomic E-state index is 12.1. The van der Waals surface area contributed by atoms with E-state index in [-0.39, 0.29) is 30.9 Å². The predicted molar refractivity (Wildman–Crippen MR) is 84.7 cm³/mol. The van der Waals surface area contributed by atoms with Crippen molar-refractivity contribution in [2.45, 2.75) is 26.3 Å². The number of rotatable bonds is 4. The Morgan fingerprint density at radius 3 is 2.55 bits per heavy atom. The van der Waals surface area contributed by atoms with Crippen LogP contribution in [-0.4, -0.2) is 72.8 Å². The van der Waals surface area contributed by atoms with Crippen LogP contribution in [0.25, 0.3) is 0 Å². The Bertz CT molecular complexity index is 432. The Balaban J connectivity index is 0.00000242. The predicted octanol–water partition coefficient (Wildman–Crippen LogP) is -0.787. The lowest BCUT2D eigenvalue weighted by Gasteiger charge is -2.34. The summed E-state index contributed by atoms with van der Waals surface area (Å²) in [5, 5.41) is 6.20. The molecule has 2 atom stereocenters. The van der Waals surface area contributed by atoms with Gasteiger partial charge in [-0.15, -0.1) is 12.4 Å². The van der Waals surface area contributed by atoms with Gasteiger partial charge in [-0.2, -0.15) is 0 Å². The summed E-state index contributed by atoms with van der Waals surface area (Å²) in [7, 11) is 0. The van der Waals surface area contributed by atoms with E-state index in [9.17, 15) is 14.4 Å². The molecular formula is C14H25ClN4O3. The number of amides is 3. The Hall–Kier alpha value is -1.34. The number of likely N-dealkylation sites (N-methyl/N-ethyl adjacent to an activating group) is 1. The van der Waals surface area contributed by atoms with Crippen molar-refractivity contribution in [2.24, 2.45) is 5.92 Å². The molecule has 0 spiro atoms. The highest BCUT2D eigenvalue weighted by Crippen LogP contribution is 2.11. The molecule has 3 amide bonds. The minimum atomic E-state index is -0.576. The van der Waals surface area contributed by atoms with Gasteiger partial charge in [0.05, 0.1) is 0 Å². The molecule has 2 heterocycles. The Labute approximate surface area is 137 Å². The van der Waals surface area contributed by atoms with Gasteiger partial charge < -0.3 is 20.4 Å². The second-order valence-electron chi connectivity index (χ2n) is 5.76. The zero-order chi connectivity index (χ0) is 15.4. The number of carbonyl (C=O) groups excluding carboxylic acids is 3. The molecule has 2 fully saturated rings. The molecule has 0 aromatic heterocycles. The van der Waals surface area contributed by atoms with Crippen LogP contribution >= 0.6 is 12.4 Å². The van der Waals surface area contributed by atoms with Gasteiger partial charge in [-0.25, -0.2) is 0 Å². The maximum Gasteiger partial charge on any atom is 0.312 e. The lowest BCUT2D eigenvalue weighted by Crippen LogP contribution is -2.58. The van der Waals surface area contributed by atoms with E-state index in [0.29, 0.717) is 25.6 Å².